The lowest BCUT2D eigenvalue weighted by Gasteiger charge is -2.22. The van der Waals surface area contributed by atoms with Crippen molar-refractivity contribution in [2.24, 2.45) is 5.73 Å². The van der Waals surface area contributed by atoms with Gasteiger partial charge in [0.1, 0.15) is 11.5 Å². The molecule has 138 valence electrons. The van der Waals surface area contributed by atoms with Crippen LogP contribution in [0.15, 0.2) is 33.2 Å². The van der Waals surface area contributed by atoms with Gasteiger partial charge in [-0.25, -0.2) is 0 Å². The highest BCUT2D eigenvalue weighted by atomic mass is 79.9. The first-order valence-electron chi connectivity index (χ1n) is 8.56. The first-order chi connectivity index (χ1) is 12.4. The minimum atomic E-state index is -0.275. The van der Waals surface area contributed by atoms with Crippen LogP contribution in [-0.2, 0) is 11.3 Å². The number of carbonyl (C=O) groups excluding carboxylic acids is 2. The molecule has 1 saturated heterocycles. The average molecular weight is 420 g/mol. The molecule has 1 aliphatic heterocycles. The SMILES string of the molecule is Cc1oc(C)c(C(=O)Nc2cccc(CN3CCCC3C(N)=O)c2)c1Br. The highest BCUT2D eigenvalue weighted by molar-refractivity contribution is 9.10. The van der Waals surface area contributed by atoms with Crippen molar-refractivity contribution in [3.05, 3.63) is 51.4 Å². The van der Waals surface area contributed by atoms with Crippen molar-refractivity contribution in [3.63, 3.8) is 0 Å². The maximum Gasteiger partial charge on any atom is 0.260 e. The van der Waals surface area contributed by atoms with Crippen LogP contribution in [0.25, 0.3) is 0 Å². The summed E-state index contributed by atoms with van der Waals surface area (Å²) < 4.78 is 6.16. The van der Waals surface area contributed by atoms with Crippen LogP contribution in [0.4, 0.5) is 5.69 Å². The number of hydrogen-bond donors (Lipinski definition) is 2. The van der Waals surface area contributed by atoms with Crippen molar-refractivity contribution in [1.29, 1.82) is 0 Å². The summed E-state index contributed by atoms with van der Waals surface area (Å²) in [7, 11) is 0. The number of rotatable bonds is 5. The van der Waals surface area contributed by atoms with Gasteiger partial charge in [-0.2, -0.15) is 0 Å². The predicted octanol–water partition coefficient (Wildman–Crippen LogP) is 3.36. The molecule has 1 atom stereocenters. The molecular weight excluding hydrogens is 398 g/mol. The van der Waals surface area contributed by atoms with Crippen LogP contribution in [0.5, 0.6) is 0 Å². The Labute approximate surface area is 160 Å². The topological polar surface area (TPSA) is 88.6 Å². The van der Waals surface area contributed by atoms with E-state index in [2.05, 4.69) is 26.1 Å². The zero-order valence-electron chi connectivity index (χ0n) is 14.8. The van der Waals surface area contributed by atoms with Gasteiger partial charge in [0.15, 0.2) is 0 Å². The summed E-state index contributed by atoms with van der Waals surface area (Å²) in [6, 6.07) is 7.43. The van der Waals surface area contributed by atoms with Gasteiger partial charge in [-0.3, -0.25) is 14.5 Å². The van der Waals surface area contributed by atoms with Gasteiger partial charge in [0.05, 0.1) is 16.1 Å². The summed E-state index contributed by atoms with van der Waals surface area (Å²) in [4.78, 5) is 26.2. The van der Waals surface area contributed by atoms with Gasteiger partial charge in [0.25, 0.3) is 5.91 Å². The summed E-state index contributed by atoms with van der Waals surface area (Å²) >= 11 is 3.40. The van der Waals surface area contributed by atoms with Crippen LogP contribution in [0.1, 0.15) is 40.3 Å². The van der Waals surface area contributed by atoms with E-state index in [0.717, 1.165) is 24.9 Å². The fourth-order valence-electron chi connectivity index (χ4n) is 3.43. The molecule has 6 nitrogen and oxygen atoms in total. The Bertz CT molecular complexity index is 847. The average Bonchev–Trinajstić information content (AvgIpc) is 3.12. The molecular formula is C19H22BrN3O3. The number of halogens is 1. The number of anilines is 1. The zero-order valence-corrected chi connectivity index (χ0v) is 16.4. The van der Waals surface area contributed by atoms with E-state index < -0.39 is 0 Å². The Balaban J connectivity index is 1.73. The van der Waals surface area contributed by atoms with Gasteiger partial charge in [-0.05, 0) is 66.9 Å². The van der Waals surface area contributed by atoms with Gasteiger partial charge in [0, 0.05) is 12.2 Å². The second kappa shape index (κ2) is 7.63. The monoisotopic (exact) mass is 419 g/mol. The molecule has 1 fully saturated rings. The maximum absolute atomic E-state index is 12.6. The third-order valence-electron chi connectivity index (χ3n) is 4.68. The number of nitrogens with two attached hydrogens (primary N) is 1. The summed E-state index contributed by atoms with van der Waals surface area (Å²) in [6.45, 7) is 5.05. The molecule has 2 heterocycles. The number of amides is 2. The number of nitrogens with zero attached hydrogens (tertiary/aromatic N) is 1. The Kier molecular flexibility index (Phi) is 5.48. The molecule has 2 aromatic rings. The molecule has 0 saturated carbocycles. The second-order valence-corrected chi connectivity index (χ2v) is 7.38. The zero-order chi connectivity index (χ0) is 18.8. The molecule has 1 aliphatic rings. The van der Waals surface area contributed by atoms with Gasteiger partial charge >= 0.3 is 0 Å². The molecule has 2 amide bonds. The lowest BCUT2D eigenvalue weighted by atomic mass is 10.1. The third-order valence-corrected chi connectivity index (χ3v) is 5.63. The maximum atomic E-state index is 12.6. The van der Waals surface area contributed by atoms with E-state index in [-0.39, 0.29) is 17.9 Å². The van der Waals surface area contributed by atoms with E-state index in [9.17, 15) is 9.59 Å². The van der Waals surface area contributed by atoms with Crippen molar-refractivity contribution < 1.29 is 14.0 Å². The molecule has 1 unspecified atom stereocenters. The van der Waals surface area contributed by atoms with Crippen LogP contribution >= 0.6 is 15.9 Å². The highest BCUT2D eigenvalue weighted by Gasteiger charge is 2.28. The van der Waals surface area contributed by atoms with E-state index in [1.54, 1.807) is 13.8 Å². The summed E-state index contributed by atoms with van der Waals surface area (Å²) in [6.07, 6.45) is 1.77. The first kappa shape index (κ1) is 18.7. The minimum absolute atomic E-state index is 0.208. The van der Waals surface area contributed by atoms with Crippen molar-refractivity contribution in [2.75, 3.05) is 11.9 Å². The molecule has 7 heteroatoms. The van der Waals surface area contributed by atoms with Crippen LogP contribution in [0.2, 0.25) is 0 Å². The molecule has 0 aliphatic carbocycles. The predicted molar refractivity (Wildman–Crippen MR) is 103 cm³/mol. The standard InChI is InChI=1S/C19H22BrN3O3/c1-11-16(17(20)12(2)26-11)19(25)22-14-6-3-5-13(9-14)10-23-8-4-7-15(23)18(21)24/h3,5-6,9,15H,4,7-8,10H2,1-2H3,(H2,21,24)(H,22,25). The Morgan fingerprint density at radius 2 is 2.12 bits per heavy atom. The Morgan fingerprint density at radius 1 is 1.35 bits per heavy atom. The van der Waals surface area contributed by atoms with Gasteiger partial charge in [-0.1, -0.05) is 12.1 Å². The fraction of sp³-hybridized carbons (Fsp3) is 0.368. The normalized spacial score (nSPS) is 17.4. The van der Waals surface area contributed by atoms with Crippen LogP contribution in [0.3, 0.4) is 0 Å². The fourth-order valence-corrected chi connectivity index (χ4v) is 3.97. The number of primary amides is 1. The second-order valence-electron chi connectivity index (χ2n) is 6.59. The molecule has 1 aromatic heterocycles. The number of nitrogens with one attached hydrogen (secondary N) is 1. The number of carbonyl (C=O) groups is 2. The lowest BCUT2D eigenvalue weighted by Crippen LogP contribution is -2.39. The van der Waals surface area contributed by atoms with Crippen LogP contribution in [0, 0.1) is 13.8 Å². The number of likely N-dealkylation sites (tertiary alicyclic amines) is 1. The van der Waals surface area contributed by atoms with E-state index in [0.29, 0.717) is 33.8 Å². The molecule has 26 heavy (non-hydrogen) atoms. The van der Waals surface area contributed by atoms with Gasteiger partial charge in [-0.15, -0.1) is 0 Å². The molecule has 0 spiro atoms. The van der Waals surface area contributed by atoms with Gasteiger partial charge < -0.3 is 15.5 Å². The Hall–Kier alpha value is -2.12. The Morgan fingerprint density at radius 3 is 2.77 bits per heavy atom. The summed E-state index contributed by atoms with van der Waals surface area (Å²) in [5, 5.41) is 2.91. The van der Waals surface area contributed by atoms with E-state index in [1.807, 2.05) is 24.3 Å². The van der Waals surface area contributed by atoms with Crippen molar-refractivity contribution in [3.8, 4) is 0 Å². The van der Waals surface area contributed by atoms with Crippen molar-refractivity contribution in [1.82, 2.24) is 4.90 Å². The van der Waals surface area contributed by atoms with Gasteiger partial charge in [0.2, 0.25) is 5.91 Å². The largest absolute Gasteiger partial charge is 0.465 e. The molecule has 0 bridgehead atoms. The van der Waals surface area contributed by atoms with E-state index >= 15 is 0 Å². The summed E-state index contributed by atoms with van der Waals surface area (Å²) in [5.41, 5.74) is 7.71. The number of furan rings is 1. The molecule has 3 rings (SSSR count). The van der Waals surface area contributed by atoms with Crippen molar-refractivity contribution >= 4 is 33.4 Å². The quantitative estimate of drug-likeness (QED) is 0.777. The van der Waals surface area contributed by atoms with Crippen LogP contribution in [-0.4, -0.2) is 29.3 Å². The summed E-state index contributed by atoms with van der Waals surface area (Å²) in [5.74, 6) is 0.750. The lowest BCUT2D eigenvalue weighted by molar-refractivity contribution is -0.122. The number of aryl methyl sites for hydroxylation is 2. The highest BCUT2D eigenvalue weighted by Crippen LogP contribution is 2.28. The van der Waals surface area contributed by atoms with E-state index in [1.165, 1.54) is 0 Å². The third kappa shape index (κ3) is 3.83. The first-order valence-corrected chi connectivity index (χ1v) is 9.35. The number of benzene rings is 1. The van der Waals surface area contributed by atoms with Crippen molar-refractivity contribution in [2.45, 2.75) is 39.3 Å². The smallest absolute Gasteiger partial charge is 0.260 e. The molecule has 0 radical (unpaired) electrons. The van der Waals surface area contributed by atoms with E-state index in [4.69, 9.17) is 10.2 Å². The number of hydrogen-bond acceptors (Lipinski definition) is 4. The van der Waals surface area contributed by atoms with Crippen LogP contribution < -0.4 is 11.1 Å². The molecule has 1 aromatic carbocycles. The minimum Gasteiger partial charge on any atom is -0.465 e. The molecule has 3 N–H and O–H groups in total.